The van der Waals surface area contributed by atoms with Crippen molar-refractivity contribution in [3.63, 3.8) is 0 Å². The van der Waals surface area contributed by atoms with Crippen molar-refractivity contribution in [1.82, 2.24) is 4.90 Å². The summed E-state index contributed by atoms with van der Waals surface area (Å²) in [5.74, 6) is 0.885. The zero-order chi connectivity index (χ0) is 14.4. The lowest BCUT2D eigenvalue weighted by molar-refractivity contribution is 0.0774. The summed E-state index contributed by atoms with van der Waals surface area (Å²) in [6.07, 6.45) is 0.896. The third kappa shape index (κ3) is 3.96. The molecule has 0 spiro atoms. The molecule has 0 aliphatic rings. The van der Waals surface area contributed by atoms with Gasteiger partial charge in [0.15, 0.2) is 0 Å². The van der Waals surface area contributed by atoms with Crippen LogP contribution in [0, 0.1) is 5.92 Å². The normalized spacial score (nSPS) is 12.1. The second kappa shape index (κ2) is 7.14. The summed E-state index contributed by atoms with van der Waals surface area (Å²) >= 11 is 0. The van der Waals surface area contributed by atoms with Gasteiger partial charge in [-0.1, -0.05) is 19.9 Å². The number of nitrogens with zero attached hydrogens (tertiary/aromatic N) is 1. The first kappa shape index (κ1) is 15.5. The molecule has 0 saturated heterocycles. The van der Waals surface area contributed by atoms with Gasteiger partial charge < -0.3 is 15.4 Å². The Morgan fingerprint density at radius 3 is 2.68 bits per heavy atom. The van der Waals surface area contributed by atoms with Gasteiger partial charge in [0.05, 0.1) is 12.7 Å². The van der Waals surface area contributed by atoms with Crippen LogP contribution in [-0.4, -0.2) is 38.1 Å². The lowest BCUT2D eigenvalue weighted by Gasteiger charge is -2.22. The second-order valence-electron chi connectivity index (χ2n) is 4.91. The number of rotatable bonds is 6. The molecule has 0 aromatic heterocycles. The second-order valence-corrected chi connectivity index (χ2v) is 4.91. The Balaban J connectivity index is 2.96. The predicted molar refractivity (Wildman–Crippen MR) is 77.6 cm³/mol. The fraction of sp³-hybridized carbons (Fsp3) is 0.533. The molecule has 4 heteroatoms. The fourth-order valence-electron chi connectivity index (χ4n) is 1.97. The summed E-state index contributed by atoms with van der Waals surface area (Å²) in [4.78, 5) is 14.2. The molecule has 106 valence electrons. The zero-order valence-corrected chi connectivity index (χ0v) is 12.3. The Kier molecular flexibility index (Phi) is 5.83. The molecule has 0 aliphatic carbocycles. The van der Waals surface area contributed by atoms with E-state index in [2.05, 4.69) is 6.92 Å². The maximum absolute atomic E-state index is 12.4. The van der Waals surface area contributed by atoms with E-state index >= 15 is 0 Å². The Labute approximate surface area is 115 Å². The number of hydrogen-bond donors (Lipinski definition) is 1. The highest BCUT2D eigenvalue weighted by molar-refractivity contribution is 5.97. The summed E-state index contributed by atoms with van der Waals surface area (Å²) < 4.78 is 5.28. The van der Waals surface area contributed by atoms with Gasteiger partial charge in [-0.25, -0.2) is 0 Å². The van der Waals surface area contributed by atoms with Gasteiger partial charge in [-0.05, 0) is 36.6 Å². The van der Waals surface area contributed by atoms with Crippen LogP contribution >= 0.6 is 0 Å². The number of carbonyl (C=O) groups is 1. The SMILES string of the molecule is CCc1ccc(OC)c(C(=O)N(C)CC(C)CN)c1. The van der Waals surface area contributed by atoms with Crippen LogP contribution in [0.15, 0.2) is 18.2 Å². The van der Waals surface area contributed by atoms with Gasteiger partial charge in [0.25, 0.3) is 5.91 Å². The van der Waals surface area contributed by atoms with Gasteiger partial charge >= 0.3 is 0 Å². The third-order valence-electron chi connectivity index (χ3n) is 3.24. The smallest absolute Gasteiger partial charge is 0.257 e. The van der Waals surface area contributed by atoms with Gasteiger partial charge in [-0.3, -0.25) is 4.79 Å². The molecule has 1 amide bonds. The standard InChI is InChI=1S/C15H24N2O2/c1-5-12-6-7-14(19-4)13(8-12)15(18)17(3)10-11(2)9-16/h6-8,11H,5,9-10,16H2,1-4H3. The van der Waals surface area contributed by atoms with Crippen molar-refractivity contribution in [2.45, 2.75) is 20.3 Å². The summed E-state index contributed by atoms with van der Waals surface area (Å²) in [7, 11) is 3.38. The number of methoxy groups -OCH3 is 1. The summed E-state index contributed by atoms with van der Waals surface area (Å²) in [6, 6.07) is 5.75. The van der Waals surface area contributed by atoms with Gasteiger partial charge in [0.1, 0.15) is 5.75 Å². The highest BCUT2D eigenvalue weighted by atomic mass is 16.5. The van der Waals surface area contributed by atoms with Crippen molar-refractivity contribution in [2.75, 3.05) is 27.2 Å². The highest BCUT2D eigenvalue weighted by Crippen LogP contribution is 2.22. The quantitative estimate of drug-likeness (QED) is 0.854. The van der Waals surface area contributed by atoms with Crippen LogP contribution in [0.25, 0.3) is 0 Å². The van der Waals surface area contributed by atoms with Crippen LogP contribution in [0.1, 0.15) is 29.8 Å². The number of hydrogen-bond acceptors (Lipinski definition) is 3. The molecule has 0 saturated carbocycles. The van der Waals surface area contributed by atoms with Gasteiger partial charge in [-0.2, -0.15) is 0 Å². The molecule has 0 radical (unpaired) electrons. The molecule has 1 atom stereocenters. The molecular weight excluding hydrogens is 240 g/mol. The molecule has 0 aliphatic heterocycles. The molecular formula is C15H24N2O2. The van der Waals surface area contributed by atoms with Crippen LogP contribution in [0.3, 0.4) is 0 Å². The van der Waals surface area contributed by atoms with E-state index in [-0.39, 0.29) is 11.8 Å². The largest absolute Gasteiger partial charge is 0.496 e. The molecule has 1 rings (SSSR count). The predicted octanol–water partition coefficient (Wildman–Crippen LogP) is 1.92. The van der Waals surface area contributed by atoms with Gasteiger partial charge in [0.2, 0.25) is 0 Å². The van der Waals surface area contributed by atoms with Crippen molar-refractivity contribution in [2.24, 2.45) is 11.7 Å². The number of aryl methyl sites for hydroxylation is 1. The lowest BCUT2D eigenvalue weighted by atomic mass is 10.1. The van der Waals surface area contributed by atoms with E-state index in [1.807, 2.05) is 25.1 Å². The van der Waals surface area contributed by atoms with Gasteiger partial charge in [0, 0.05) is 13.6 Å². The molecule has 4 nitrogen and oxygen atoms in total. The zero-order valence-electron chi connectivity index (χ0n) is 12.3. The van der Waals surface area contributed by atoms with E-state index < -0.39 is 0 Å². The minimum Gasteiger partial charge on any atom is -0.496 e. The first-order valence-electron chi connectivity index (χ1n) is 6.65. The summed E-state index contributed by atoms with van der Waals surface area (Å²) in [5, 5.41) is 0. The van der Waals surface area contributed by atoms with Crippen molar-refractivity contribution in [3.8, 4) is 5.75 Å². The van der Waals surface area contributed by atoms with E-state index in [1.165, 1.54) is 0 Å². The van der Waals surface area contributed by atoms with Gasteiger partial charge in [-0.15, -0.1) is 0 Å². The highest BCUT2D eigenvalue weighted by Gasteiger charge is 2.18. The first-order chi connectivity index (χ1) is 9.03. The topological polar surface area (TPSA) is 55.6 Å². The van der Waals surface area contributed by atoms with E-state index in [9.17, 15) is 4.79 Å². The number of ether oxygens (including phenoxy) is 1. The fourth-order valence-corrected chi connectivity index (χ4v) is 1.97. The molecule has 0 bridgehead atoms. The summed E-state index contributed by atoms with van der Waals surface area (Å²) in [6.45, 7) is 5.32. The van der Waals surface area contributed by atoms with E-state index in [4.69, 9.17) is 10.5 Å². The molecule has 2 N–H and O–H groups in total. The molecule has 0 heterocycles. The molecule has 1 aromatic rings. The summed E-state index contributed by atoms with van der Waals surface area (Å²) in [5.41, 5.74) is 7.35. The van der Waals surface area contributed by atoms with Crippen LogP contribution in [0.5, 0.6) is 5.75 Å². The maximum Gasteiger partial charge on any atom is 0.257 e. The average Bonchev–Trinajstić information content (AvgIpc) is 2.45. The molecule has 1 unspecified atom stereocenters. The number of nitrogens with two attached hydrogens (primary N) is 1. The number of benzene rings is 1. The minimum atomic E-state index is -0.0209. The van der Waals surface area contributed by atoms with Crippen LogP contribution in [-0.2, 0) is 6.42 Å². The average molecular weight is 264 g/mol. The van der Waals surface area contributed by atoms with Crippen LogP contribution in [0.4, 0.5) is 0 Å². The number of carbonyl (C=O) groups excluding carboxylic acids is 1. The number of amides is 1. The van der Waals surface area contributed by atoms with Crippen molar-refractivity contribution in [3.05, 3.63) is 29.3 Å². The Morgan fingerprint density at radius 2 is 2.16 bits per heavy atom. The van der Waals surface area contributed by atoms with Crippen molar-refractivity contribution >= 4 is 5.91 Å². The monoisotopic (exact) mass is 264 g/mol. The first-order valence-corrected chi connectivity index (χ1v) is 6.65. The van der Waals surface area contributed by atoms with Crippen LogP contribution in [0.2, 0.25) is 0 Å². The third-order valence-corrected chi connectivity index (χ3v) is 3.24. The molecule has 19 heavy (non-hydrogen) atoms. The molecule has 1 aromatic carbocycles. The van der Waals surface area contributed by atoms with Crippen molar-refractivity contribution < 1.29 is 9.53 Å². The lowest BCUT2D eigenvalue weighted by Crippen LogP contribution is -2.33. The van der Waals surface area contributed by atoms with E-state index in [0.29, 0.717) is 24.4 Å². The van der Waals surface area contributed by atoms with Crippen molar-refractivity contribution in [1.29, 1.82) is 0 Å². The Morgan fingerprint density at radius 1 is 1.47 bits per heavy atom. The van der Waals surface area contributed by atoms with E-state index in [1.54, 1.807) is 19.1 Å². The Bertz CT molecular complexity index is 432. The molecule has 0 fully saturated rings. The minimum absolute atomic E-state index is 0.0209. The Hall–Kier alpha value is -1.55. The maximum atomic E-state index is 12.4. The van der Waals surface area contributed by atoms with Crippen LogP contribution < -0.4 is 10.5 Å². The van der Waals surface area contributed by atoms with E-state index in [0.717, 1.165) is 12.0 Å².